The zero-order valence-corrected chi connectivity index (χ0v) is 30.1. The number of hydrogen-bond acceptors (Lipinski definition) is 2. The van der Waals surface area contributed by atoms with Crippen molar-refractivity contribution in [2.45, 2.75) is 18.4 Å². The Morgan fingerprint density at radius 1 is 0.444 bits per heavy atom. The van der Waals surface area contributed by atoms with Crippen molar-refractivity contribution >= 4 is 17.1 Å². The van der Waals surface area contributed by atoms with Crippen molar-refractivity contribution < 1.29 is 0 Å². The van der Waals surface area contributed by atoms with Gasteiger partial charge >= 0.3 is 0 Å². The van der Waals surface area contributed by atoms with Crippen LogP contribution in [0.25, 0.3) is 22.3 Å². The number of fused-ring (bicyclic) bond motifs is 10. The summed E-state index contributed by atoms with van der Waals surface area (Å²) in [5.41, 5.74) is 18.7. The summed E-state index contributed by atoms with van der Waals surface area (Å²) in [6.45, 7) is 2.12. The van der Waals surface area contributed by atoms with Gasteiger partial charge in [-0.05, 0) is 92.9 Å². The summed E-state index contributed by atoms with van der Waals surface area (Å²) < 4.78 is 0. The molecule has 0 heterocycles. The summed E-state index contributed by atoms with van der Waals surface area (Å²) in [4.78, 5) is 5.34. The summed E-state index contributed by atoms with van der Waals surface area (Å²) in [5.74, 6) is 0. The van der Waals surface area contributed by atoms with Gasteiger partial charge in [-0.25, -0.2) is 4.99 Å². The number of rotatable bonds is 7. The van der Waals surface area contributed by atoms with Gasteiger partial charge in [-0.3, -0.25) is 0 Å². The first-order valence-electron chi connectivity index (χ1n) is 18.7. The van der Waals surface area contributed by atoms with E-state index in [4.69, 9.17) is 4.99 Å². The molecule has 2 nitrogen and oxygen atoms in total. The Labute approximate surface area is 317 Å². The first-order valence-corrected chi connectivity index (χ1v) is 18.7. The monoisotopic (exact) mass is 690 g/mol. The van der Waals surface area contributed by atoms with Gasteiger partial charge in [0.05, 0.1) is 22.9 Å². The van der Waals surface area contributed by atoms with E-state index >= 15 is 0 Å². The molecule has 0 fully saturated rings. The fourth-order valence-electron chi connectivity index (χ4n) is 8.83. The van der Waals surface area contributed by atoms with Crippen LogP contribution in [0.2, 0.25) is 0 Å². The molecule has 256 valence electrons. The minimum Gasteiger partial charge on any atom is -0.374 e. The number of aliphatic imine (C=N–C) groups is 1. The number of nitrogens with one attached hydrogen (secondary N) is 1. The standard InChI is InChI=1S/C52H38N2/c1-35-25-29-41(30-26-35)54-51(37-17-7-3-8-18-37)39-28-32-45-43-22-12-14-24-47(43)52(49(45)34-39)46-23-13-11-21-42(46)44-31-27-38(33-48(44)52)50(36-15-5-2-6-16-36)53-40-19-9-4-10-20-40/h2-34,50,53H,1H3/b54-51+. The summed E-state index contributed by atoms with van der Waals surface area (Å²) in [7, 11) is 0. The molecular weight excluding hydrogens is 653 g/mol. The van der Waals surface area contributed by atoms with Crippen LogP contribution in [0.3, 0.4) is 0 Å². The Kier molecular flexibility index (Phi) is 7.70. The predicted octanol–water partition coefficient (Wildman–Crippen LogP) is 12.7. The number of anilines is 1. The molecule has 2 aliphatic rings. The molecule has 2 unspecified atom stereocenters. The van der Waals surface area contributed by atoms with Crippen molar-refractivity contribution in [3.8, 4) is 22.3 Å². The lowest BCUT2D eigenvalue weighted by atomic mass is 9.70. The molecule has 0 amide bonds. The van der Waals surface area contributed by atoms with Crippen LogP contribution in [0, 0.1) is 6.92 Å². The SMILES string of the molecule is Cc1ccc(/N=C(\c2ccccc2)c2ccc3c(c2)C2(c4ccccc4-3)c3ccccc3-c3ccc(C(Nc4ccccc4)c4ccccc4)cc32)cc1. The topological polar surface area (TPSA) is 24.4 Å². The van der Waals surface area contributed by atoms with Crippen LogP contribution in [0.5, 0.6) is 0 Å². The molecule has 54 heavy (non-hydrogen) atoms. The maximum Gasteiger partial charge on any atom is 0.0781 e. The largest absolute Gasteiger partial charge is 0.374 e. The van der Waals surface area contributed by atoms with Crippen molar-refractivity contribution in [2.24, 2.45) is 4.99 Å². The fourth-order valence-corrected chi connectivity index (χ4v) is 8.83. The first kappa shape index (κ1) is 31.9. The average Bonchev–Trinajstić information content (AvgIpc) is 3.70. The lowest BCUT2D eigenvalue weighted by Gasteiger charge is -2.32. The van der Waals surface area contributed by atoms with E-state index in [1.54, 1.807) is 0 Å². The Bertz CT molecular complexity index is 2660. The van der Waals surface area contributed by atoms with Crippen LogP contribution in [-0.2, 0) is 5.41 Å². The van der Waals surface area contributed by atoms with Gasteiger partial charge in [-0.2, -0.15) is 0 Å². The van der Waals surface area contributed by atoms with E-state index in [0.717, 1.165) is 28.2 Å². The molecule has 0 saturated heterocycles. The predicted molar refractivity (Wildman–Crippen MR) is 224 cm³/mol. The second-order valence-corrected chi connectivity index (χ2v) is 14.4. The van der Waals surface area contributed by atoms with Crippen LogP contribution >= 0.6 is 0 Å². The number of benzene rings is 8. The second kappa shape index (κ2) is 13.0. The molecule has 2 atom stereocenters. The zero-order valence-electron chi connectivity index (χ0n) is 30.1. The van der Waals surface area contributed by atoms with E-state index in [2.05, 4.69) is 212 Å². The third kappa shape index (κ3) is 5.14. The highest BCUT2D eigenvalue weighted by Crippen LogP contribution is 2.63. The van der Waals surface area contributed by atoms with Gasteiger partial charge < -0.3 is 5.32 Å². The van der Waals surface area contributed by atoms with Gasteiger partial charge in [-0.1, -0.05) is 175 Å². The fraction of sp³-hybridized carbons (Fsp3) is 0.0577. The van der Waals surface area contributed by atoms with E-state index in [9.17, 15) is 0 Å². The normalized spacial score (nSPS) is 15.6. The van der Waals surface area contributed by atoms with E-state index in [1.807, 2.05) is 0 Å². The highest BCUT2D eigenvalue weighted by atomic mass is 14.9. The summed E-state index contributed by atoms with van der Waals surface area (Å²) in [5, 5.41) is 3.89. The van der Waals surface area contributed by atoms with Crippen LogP contribution < -0.4 is 5.32 Å². The lowest BCUT2D eigenvalue weighted by molar-refractivity contribution is 0.788. The average molecular weight is 691 g/mol. The molecule has 0 radical (unpaired) electrons. The van der Waals surface area contributed by atoms with E-state index in [1.165, 1.54) is 61.2 Å². The third-order valence-electron chi connectivity index (χ3n) is 11.3. The second-order valence-electron chi connectivity index (χ2n) is 14.4. The minimum absolute atomic E-state index is 0.0477. The minimum atomic E-state index is -0.510. The summed E-state index contributed by atoms with van der Waals surface area (Å²) in [6.07, 6.45) is 0. The lowest BCUT2D eigenvalue weighted by Crippen LogP contribution is -2.26. The van der Waals surface area contributed by atoms with Crippen LogP contribution in [0.1, 0.15) is 56.1 Å². The Morgan fingerprint density at radius 2 is 0.981 bits per heavy atom. The number of para-hydroxylation sites is 1. The number of aryl methyl sites for hydroxylation is 1. The number of hydrogen-bond donors (Lipinski definition) is 1. The van der Waals surface area contributed by atoms with Gasteiger partial charge in [0.1, 0.15) is 0 Å². The van der Waals surface area contributed by atoms with Crippen molar-refractivity contribution in [3.05, 3.63) is 250 Å². The Balaban J connectivity index is 1.23. The van der Waals surface area contributed by atoms with Crippen LogP contribution in [0.4, 0.5) is 11.4 Å². The molecule has 0 saturated carbocycles. The smallest absolute Gasteiger partial charge is 0.0781 e. The van der Waals surface area contributed by atoms with Gasteiger partial charge in [0.15, 0.2) is 0 Å². The van der Waals surface area contributed by atoms with Gasteiger partial charge in [0.25, 0.3) is 0 Å². The zero-order chi connectivity index (χ0) is 36.1. The van der Waals surface area contributed by atoms with Crippen molar-refractivity contribution in [1.29, 1.82) is 0 Å². The molecule has 1 N–H and O–H groups in total. The molecule has 0 bridgehead atoms. The van der Waals surface area contributed by atoms with Gasteiger partial charge in [0, 0.05) is 16.8 Å². The summed E-state index contributed by atoms with van der Waals surface area (Å²) in [6, 6.07) is 72.7. The molecule has 0 aromatic heterocycles. The quantitative estimate of drug-likeness (QED) is 0.165. The van der Waals surface area contributed by atoms with Crippen molar-refractivity contribution in [3.63, 3.8) is 0 Å². The van der Waals surface area contributed by atoms with E-state index < -0.39 is 5.41 Å². The van der Waals surface area contributed by atoms with Crippen LogP contribution in [0.15, 0.2) is 205 Å². The molecule has 1 spiro atoms. The first-order chi connectivity index (χ1) is 26.7. The van der Waals surface area contributed by atoms with Crippen molar-refractivity contribution in [1.82, 2.24) is 0 Å². The third-order valence-corrected chi connectivity index (χ3v) is 11.3. The Hall–Kier alpha value is -6.77. The number of nitrogens with zero attached hydrogens (tertiary/aromatic N) is 1. The van der Waals surface area contributed by atoms with Crippen LogP contribution in [-0.4, -0.2) is 5.71 Å². The van der Waals surface area contributed by atoms with Gasteiger partial charge in [-0.15, -0.1) is 0 Å². The molecule has 8 aromatic rings. The molecule has 2 heteroatoms. The Morgan fingerprint density at radius 3 is 1.65 bits per heavy atom. The molecule has 8 aromatic carbocycles. The molecular formula is C52H38N2. The highest BCUT2D eigenvalue weighted by Gasteiger charge is 2.52. The van der Waals surface area contributed by atoms with Gasteiger partial charge in [0.2, 0.25) is 0 Å². The summed E-state index contributed by atoms with van der Waals surface area (Å²) >= 11 is 0. The molecule has 0 aliphatic heterocycles. The molecule has 2 aliphatic carbocycles. The highest BCUT2D eigenvalue weighted by molar-refractivity contribution is 6.14. The maximum absolute atomic E-state index is 5.34. The van der Waals surface area contributed by atoms with E-state index in [0.29, 0.717) is 0 Å². The van der Waals surface area contributed by atoms with E-state index in [-0.39, 0.29) is 6.04 Å². The van der Waals surface area contributed by atoms with Crippen molar-refractivity contribution in [2.75, 3.05) is 5.32 Å². The molecule has 10 rings (SSSR count). The maximum atomic E-state index is 5.34.